The summed E-state index contributed by atoms with van der Waals surface area (Å²) in [6.07, 6.45) is -3.94. The SMILES string of the molecule is C=CC(C)[C@@H](NC(=O)[C@H](Cc1ccccc1)NC(=O)C(F)(F)F)C(=O)OC(C)(C)C. The molecule has 1 aromatic carbocycles. The minimum Gasteiger partial charge on any atom is -0.458 e. The smallest absolute Gasteiger partial charge is 0.458 e. The maximum atomic E-state index is 12.8. The summed E-state index contributed by atoms with van der Waals surface area (Å²) in [6, 6.07) is 5.49. The Bertz CT molecular complexity index is 758. The molecule has 3 atom stereocenters. The van der Waals surface area contributed by atoms with Gasteiger partial charge in [0.15, 0.2) is 0 Å². The van der Waals surface area contributed by atoms with E-state index in [2.05, 4.69) is 11.9 Å². The number of amides is 2. The van der Waals surface area contributed by atoms with Crippen molar-refractivity contribution in [1.29, 1.82) is 0 Å². The molecule has 0 spiro atoms. The number of carbonyl (C=O) groups is 3. The van der Waals surface area contributed by atoms with Crippen LogP contribution in [0.3, 0.4) is 0 Å². The van der Waals surface area contributed by atoms with E-state index in [0.717, 1.165) is 0 Å². The van der Waals surface area contributed by atoms with Gasteiger partial charge in [0.1, 0.15) is 17.7 Å². The first-order chi connectivity index (χ1) is 13.7. The Balaban J connectivity index is 3.10. The van der Waals surface area contributed by atoms with Crippen molar-refractivity contribution in [2.24, 2.45) is 5.92 Å². The van der Waals surface area contributed by atoms with Crippen molar-refractivity contribution in [3.05, 3.63) is 48.6 Å². The van der Waals surface area contributed by atoms with Gasteiger partial charge in [0.25, 0.3) is 0 Å². The molecule has 0 fully saturated rings. The number of nitrogens with one attached hydrogen (secondary N) is 2. The van der Waals surface area contributed by atoms with E-state index in [1.807, 2.05) is 0 Å². The third kappa shape index (κ3) is 8.26. The largest absolute Gasteiger partial charge is 0.471 e. The molecule has 0 heterocycles. The Morgan fingerprint density at radius 1 is 1.10 bits per heavy atom. The highest BCUT2D eigenvalue weighted by Gasteiger charge is 2.41. The maximum Gasteiger partial charge on any atom is 0.471 e. The van der Waals surface area contributed by atoms with Crippen LogP contribution in [-0.4, -0.2) is 41.6 Å². The Hall–Kier alpha value is -2.84. The van der Waals surface area contributed by atoms with Gasteiger partial charge in [-0.15, -0.1) is 6.58 Å². The molecule has 0 saturated carbocycles. The molecule has 1 rings (SSSR count). The highest BCUT2D eigenvalue weighted by molar-refractivity contribution is 5.92. The van der Waals surface area contributed by atoms with Crippen LogP contribution in [0.4, 0.5) is 13.2 Å². The van der Waals surface area contributed by atoms with Crippen molar-refractivity contribution in [1.82, 2.24) is 10.6 Å². The molecule has 0 aliphatic carbocycles. The number of hydrogen-bond acceptors (Lipinski definition) is 4. The molecule has 0 saturated heterocycles. The summed E-state index contributed by atoms with van der Waals surface area (Å²) in [5.41, 5.74) is -0.305. The van der Waals surface area contributed by atoms with Crippen LogP contribution in [-0.2, 0) is 25.5 Å². The minimum absolute atomic E-state index is 0.196. The lowest BCUT2D eigenvalue weighted by Gasteiger charge is -2.28. The van der Waals surface area contributed by atoms with E-state index in [0.29, 0.717) is 5.56 Å². The topological polar surface area (TPSA) is 84.5 Å². The minimum atomic E-state index is -5.16. The van der Waals surface area contributed by atoms with Crippen LogP contribution >= 0.6 is 0 Å². The Morgan fingerprint density at radius 2 is 1.67 bits per heavy atom. The molecular weight excluding hydrogens is 401 g/mol. The first-order valence-electron chi connectivity index (χ1n) is 9.32. The second-order valence-corrected chi connectivity index (χ2v) is 7.83. The van der Waals surface area contributed by atoms with Gasteiger partial charge in [0.05, 0.1) is 0 Å². The first kappa shape index (κ1) is 25.2. The molecule has 6 nitrogen and oxygen atoms in total. The summed E-state index contributed by atoms with van der Waals surface area (Å²) in [5.74, 6) is -4.52. The van der Waals surface area contributed by atoms with Crippen LogP contribution < -0.4 is 10.6 Å². The zero-order valence-electron chi connectivity index (χ0n) is 17.4. The van der Waals surface area contributed by atoms with E-state index in [-0.39, 0.29) is 6.42 Å². The number of alkyl halides is 3. The quantitative estimate of drug-likeness (QED) is 0.493. The molecule has 166 valence electrons. The molecule has 0 aliphatic rings. The summed E-state index contributed by atoms with van der Waals surface area (Å²) >= 11 is 0. The number of rotatable bonds is 8. The zero-order valence-corrected chi connectivity index (χ0v) is 17.4. The van der Waals surface area contributed by atoms with E-state index in [1.54, 1.807) is 63.3 Å². The van der Waals surface area contributed by atoms with Gasteiger partial charge in [-0.3, -0.25) is 9.59 Å². The van der Waals surface area contributed by atoms with Gasteiger partial charge in [0.2, 0.25) is 5.91 Å². The van der Waals surface area contributed by atoms with E-state index >= 15 is 0 Å². The summed E-state index contributed by atoms with van der Waals surface area (Å²) < 4.78 is 43.5. The van der Waals surface area contributed by atoms with Gasteiger partial charge < -0.3 is 15.4 Å². The maximum absolute atomic E-state index is 12.8. The van der Waals surface area contributed by atoms with Gasteiger partial charge in [-0.1, -0.05) is 43.3 Å². The molecule has 0 bridgehead atoms. The van der Waals surface area contributed by atoms with Crippen LogP contribution in [0.2, 0.25) is 0 Å². The van der Waals surface area contributed by atoms with E-state index in [1.165, 1.54) is 6.08 Å². The normalized spacial score (nSPS) is 14.8. The van der Waals surface area contributed by atoms with Crippen LogP contribution in [0.5, 0.6) is 0 Å². The summed E-state index contributed by atoms with van der Waals surface area (Å²) in [4.78, 5) is 36.7. The highest BCUT2D eigenvalue weighted by Crippen LogP contribution is 2.17. The molecule has 2 N–H and O–H groups in total. The predicted molar refractivity (Wildman–Crippen MR) is 105 cm³/mol. The molecule has 9 heteroatoms. The molecular formula is C21H27F3N2O4. The lowest BCUT2D eigenvalue weighted by Crippen LogP contribution is -2.56. The number of halogens is 3. The van der Waals surface area contributed by atoms with Crippen LogP contribution in [0, 0.1) is 5.92 Å². The third-order valence-corrected chi connectivity index (χ3v) is 4.02. The Morgan fingerprint density at radius 3 is 2.13 bits per heavy atom. The van der Waals surface area contributed by atoms with Gasteiger partial charge >= 0.3 is 18.1 Å². The summed E-state index contributed by atoms with van der Waals surface area (Å²) in [6.45, 7) is 10.1. The predicted octanol–water partition coefficient (Wildman–Crippen LogP) is 2.92. The molecule has 0 radical (unpaired) electrons. The van der Waals surface area contributed by atoms with Gasteiger partial charge in [-0.2, -0.15) is 13.2 Å². The molecule has 2 amide bonds. The number of esters is 1. The fourth-order valence-electron chi connectivity index (χ4n) is 2.46. The van der Waals surface area contributed by atoms with Crippen molar-refractivity contribution in [2.75, 3.05) is 0 Å². The molecule has 0 aliphatic heterocycles. The van der Waals surface area contributed by atoms with E-state index in [4.69, 9.17) is 4.74 Å². The molecule has 1 aromatic rings. The van der Waals surface area contributed by atoms with Crippen molar-refractivity contribution in [3.8, 4) is 0 Å². The summed E-state index contributed by atoms with van der Waals surface area (Å²) in [5, 5.41) is 4.10. The average Bonchev–Trinajstić information content (AvgIpc) is 2.63. The molecule has 30 heavy (non-hydrogen) atoms. The standard InChI is InChI=1S/C21H27F3N2O4/c1-6-13(2)16(18(28)30-20(3,4)5)26-17(27)15(25-19(29)21(22,23)24)12-14-10-8-7-9-11-14/h6-11,13,15-16H,1,12H2,2-5H3,(H,25,29)(H,26,27)/t13?,15-,16+/m0/s1. The second kappa shape index (κ2) is 10.3. The van der Waals surface area contributed by atoms with Crippen molar-refractivity contribution >= 4 is 17.8 Å². The van der Waals surface area contributed by atoms with Crippen LogP contribution in [0.15, 0.2) is 43.0 Å². The molecule has 1 unspecified atom stereocenters. The van der Waals surface area contributed by atoms with E-state index in [9.17, 15) is 27.6 Å². The van der Waals surface area contributed by atoms with Crippen molar-refractivity contribution < 1.29 is 32.3 Å². The Kier molecular flexibility index (Phi) is 8.62. The second-order valence-electron chi connectivity index (χ2n) is 7.83. The average molecular weight is 428 g/mol. The molecule has 0 aromatic heterocycles. The lowest BCUT2D eigenvalue weighted by atomic mass is 10.00. The Labute approximate surface area is 173 Å². The number of benzene rings is 1. The van der Waals surface area contributed by atoms with Crippen LogP contribution in [0.1, 0.15) is 33.3 Å². The fourth-order valence-corrected chi connectivity index (χ4v) is 2.46. The van der Waals surface area contributed by atoms with Crippen LogP contribution in [0.25, 0.3) is 0 Å². The first-order valence-corrected chi connectivity index (χ1v) is 9.32. The van der Waals surface area contributed by atoms with Gasteiger partial charge in [0, 0.05) is 12.3 Å². The van der Waals surface area contributed by atoms with E-state index < -0.39 is 47.6 Å². The van der Waals surface area contributed by atoms with Crippen molar-refractivity contribution in [2.45, 2.75) is 58.0 Å². The third-order valence-electron chi connectivity index (χ3n) is 4.02. The van der Waals surface area contributed by atoms with Crippen molar-refractivity contribution in [3.63, 3.8) is 0 Å². The number of ether oxygens (including phenoxy) is 1. The number of carbonyl (C=O) groups excluding carboxylic acids is 3. The lowest BCUT2D eigenvalue weighted by molar-refractivity contribution is -0.174. The van der Waals surface area contributed by atoms with Gasteiger partial charge in [-0.05, 0) is 26.3 Å². The highest BCUT2D eigenvalue weighted by atomic mass is 19.4. The summed E-state index contributed by atoms with van der Waals surface area (Å²) in [7, 11) is 0. The number of hydrogen-bond donors (Lipinski definition) is 2. The fraction of sp³-hybridized carbons (Fsp3) is 0.476. The zero-order chi connectivity index (χ0) is 23.1. The monoisotopic (exact) mass is 428 g/mol. The van der Waals surface area contributed by atoms with Gasteiger partial charge in [-0.25, -0.2) is 4.79 Å².